The van der Waals surface area contributed by atoms with Crippen LogP contribution in [0.25, 0.3) is 0 Å². The molecule has 4 N–H and O–H groups in total. The minimum Gasteiger partial charge on any atom is -0.350 e. The zero-order chi connectivity index (χ0) is 14.6. The van der Waals surface area contributed by atoms with E-state index in [4.69, 9.17) is 5.84 Å². The van der Waals surface area contributed by atoms with Crippen LogP contribution in [0.3, 0.4) is 0 Å². The molecule has 0 fully saturated rings. The van der Waals surface area contributed by atoms with Crippen LogP contribution in [0.15, 0.2) is 18.2 Å². The van der Waals surface area contributed by atoms with Gasteiger partial charge in [0.05, 0.1) is 16.8 Å². The van der Waals surface area contributed by atoms with Crippen LogP contribution in [0.1, 0.15) is 36.2 Å². The summed E-state index contributed by atoms with van der Waals surface area (Å²) < 4.78 is 37.8. The topological polar surface area (TPSA) is 67.2 Å². The fraction of sp³-hybridized carbons (Fsp3) is 0.417. The summed E-state index contributed by atoms with van der Waals surface area (Å²) in [6.07, 6.45) is -3.82. The van der Waals surface area contributed by atoms with E-state index in [1.54, 1.807) is 6.92 Å². The molecule has 0 bridgehead atoms. The highest BCUT2D eigenvalue weighted by Gasteiger charge is 2.31. The molecule has 0 aliphatic carbocycles. The first-order valence-corrected chi connectivity index (χ1v) is 5.78. The molecular formula is C12H16F3N3O. The second-order valence-electron chi connectivity index (χ2n) is 4.19. The van der Waals surface area contributed by atoms with Crippen LogP contribution >= 0.6 is 0 Å². The van der Waals surface area contributed by atoms with E-state index < -0.39 is 17.6 Å². The molecular weight excluding hydrogens is 259 g/mol. The Morgan fingerprint density at radius 1 is 1.42 bits per heavy atom. The van der Waals surface area contributed by atoms with Gasteiger partial charge in [-0.05, 0) is 31.5 Å². The summed E-state index contributed by atoms with van der Waals surface area (Å²) in [5.41, 5.74) is 1.35. The number of rotatable bonds is 4. The molecule has 0 heterocycles. The highest BCUT2D eigenvalue weighted by Crippen LogP contribution is 2.31. The monoisotopic (exact) mass is 275 g/mol. The summed E-state index contributed by atoms with van der Waals surface area (Å²) in [5.74, 6) is 4.61. The number of alkyl halides is 3. The van der Waals surface area contributed by atoms with E-state index in [0.717, 1.165) is 18.2 Å². The Hall–Kier alpha value is -1.76. The summed E-state index contributed by atoms with van der Waals surface area (Å²) in [6, 6.07) is 2.66. The fourth-order valence-corrected chi connectivity index (χ4v) is 1.44. The SMILES string of the molecule is CCC(C)NC(=O)c1cc(C(F)(F)F)ccc1NN. The molecule has 1 unspecified atom stereocenters. The van der Waals surface area contributed by atoms with E-state index in [2.05, 4.69) is 10.7 Å². The van der Waals surface area contributed by atoms with E-state index in [0.29, 0.717) is 6.42 Å². The Bertz CT molecular complexity index is 460. The molecule has 106 valence electrons. The van der Waals surface area contributed by atoms with Crippen molar-refractivity contribution in [3.8, 4) is 0 Å². The number of halogens is 3. The third-order valence-electron chi connectivity index (χ3n) is 2.74. The van der Waals surface area contributed by atoms with Gasteiger partial charge in [-0.2, -0.15) is 13.2 Å². The quantitative estimate of drug-likeness (QED) is 0.584. The predicted molar refractivity (Wildman–Crippen MR) is 66.5 cm³/mol. The normalized spacial score (nSPS) is 12.9. The third-order valence-corrected chi connectivity index (χ3v) is 2.74. The Balaban J connectivity index is 3.12. The molecule has 1 atom stereocenters. The maximum atomic E-state index is 12.6. The lowest BCUT2D eigenvalue weighted by atomic mass is 10.1. The average Bonchev–Trinajstić information content (AvgIpc) is 2.36. The number of benzene rings is 1. The van der Waals surface area contributed by atoms with Gasteiger partial charge >= 0.3 is 6.18 Å². The van der Waals surface area contributed by atoms with Gasteiger partial charge in [0.25, 0.3) is 5.91 Å². The van der Waals surface area contributed by atoms with Gasteiger partial charge in [0, 0.05) is 6.04 Å². The van der Waals surface area contributed by atoms with Crippen molar-refractivity contribution in [2.45, 2.75) is 32.5 Å². The Kier molecular flexibility index (Phi) is 4.77. The minimum atomic E-state index is -4.50. The lowest BCUT2D eigenvalue weighted by Gasteiger charge is -2.15. The predicted octanol–water partition coefficient (Wildman–Crippen LogP) is 2.52. The van der Waals surface area contributed by atoms with Gasteiger partial charge < -0.3 is 10.7 Å². The Morgan fingerprint density at radius 3 is 2.53 bits per heavy atom. The van der Waals surface area contributed by atoms with Gasteiger partial charge in [-0.15, -0.1) is 0 Å². The molecule has 0 saturated carbocycles. The minimum absolute atomic E-state index is 0.127. The largest absolute Gasteiger partial charge is 0.416 e. The molecule has 0 aliphatic heterocycles. The third kappa shape index (κ3) is 3.85. The molecule has 19 heavy (non-hydrogen) atoms. The molecule has 7 heteroatoms. The number of nitrogen functional groups attached to an aromatic ring is 1. The molecule has 4 nitrogen and oxygen atoms in total. The van der Waals surface area contributed by atoms with Crippen LogP contribution in [-0.4, -0.2) is 11.9 Å². The van der Waals surface area contributed by atoms with Crippen molar-refractivity contribution in [2.24, 2.45) is 5.84 Å². The number of hydrogen-bond acceptors (Lipinski definition) is 3. The summed E-state index contributed by atoms with van der Waals surface area (Å²) >= 11 is 0. The average molecular weight is 275 g/mol. The maximum absolute atomic E-state index is 12.6. The van der Waals surface area contributed by atoms with Crippen LogP contribution in [0.2, 0.25) is 0 Å². The second kappa shape index (κ2) is 5.92. The highest BCUT2D eigenvalue weighted by atomic mass is 19.4. The first kappa shape index (κ1) is 15.3. The van der Waals surface area contributed by atoms with Crippen LogP contribution in [0.5, 0.6) is 0 Å². The molecule has 1 aromatic rings. The van der Waals surface area contributed by atoms with E-state index >= 15 is 0 Å². The van der Waals surface area contributed by atoms with Crippen molar-refractivity contribution in [1.29, 1.82) is 0 Å². The number of hydrazine groups is 1. The molecule has 0 aromatic heterocycles. The number of amides is 1. The first-order chi connectivity index (χ1) is 8.79. The van der Waals surface area contributed by atoms with Gasteiger partial charge in [-0.25, -0.2) is 0 Å². The fourth-order valence-electron chi connectivity index (χ4n) is 1.44. The molecule has 1 rings (SSSR count). The van der Waals surface area contributed by atoms with Gasteiger partial charge in [0.2, 0.25) is 0 Å². The smallest absolute Gasteiger partial charge is 0.350 e. The van der Waals surface area contributed by atoms with Gasteiger partial charge in [0.1, 0.15) is 0 Å². The number of hydrogen-bond donors (Lipinski definition) is 3. The molecule has 0 aliphatic rings. The van der Waals surface area contributed by atoms with Crippen molar-refractivity contribution in [1.82, 2.24) is 5.32 Å². The highest BCUT2D eigenvalue weighted by molar-refractivity contribution is 5.99. The lowest BCUT2D eigenvalue weighted by Crippen LogP contribution is -2.33. The summed E-state index contributed by atoms with van der Waals surface area (Å²) in [4.78, 5) is 11.9. The lowest BCUT2D eigenvalue weighted by molar-refractivity contribution is -0.137. The van der Waals surface area contributed by atoms with Crippen molar-refractivity contribution < 1.29 is 18.0 Å². The first-order valence-electron chi connectivity index (χ1n) is 5.78. The Labute approximate surface area is 109 Å². The van der Waals surface area contributed by atoms with E-state index in [9.17, 15) is 18.0 Å². The van der Waals surface area contributed by atoms with E-state index in [-0.39, 0.29) is 17.3 Å². The van der Waals surface area contributed by atoms with Crippen LogP contribution in [0, 0.1) is 0 Å². The molecule has 1 aromatic carbocycles. The summed E-state index contributed by atoms with van der Waals surface area (Å²) in [5, 5.41) is 2.60. The van der Waals surface area contributed by atoms with Gasteiger partial charge in [0.15, 0.2) is 0 Å². The second-order valence-corrected chi connectivity index (χ2v) is 4.19. The Morgan fingerprint density at radius 2 is 2.05 bits per heavy atom. The van der Waals surface area contributed by atoms with Crippen molar-refractivity contribution >= 4 is 11.6 Å². The number of anilines is 1. The number of nitrogens with one attached hydrogen (secondary N) is 2. The van der Waals surface area contributed by atoms with E-state index in [1.807, 2.05) is 6.92 Å². The van der Waals surface area contributed by atoms with Crippen LogP contribution in [0.4, 0.5) is 18.9 Å². The standard InChI is InChI=1S/C12H16F3N3O/c1-3-7(2)17-11(19)9-6-8(12(13,14)15)4-5-10(9)18-16/h4-7,18H,3,16H2,1-2H3,(H,17,19). The number of carbonyl (C=O) groups excluding carboxylic acids is 1. The number of carbonyl (C=O) groups is 1. The van der Waals surface area contributed by atoms with Crippen LogP contribution in [-0.2, 0) is 6.18 Å². The summed E-state index contributed by atoms with van der Waals surface area (Å²) in [7, 11) is 0. The maximum Gasteiger partial charge on any atom is 0.416 e. The van der Waals surface area contributed by atoms with Crippen molar-refractivity contribution in [3.05, 3.63) is 29.3 Å². The molecule has 0 saturated heterocycles. The molecule has 0 spiro atoms. The van der Waals surface area contributed by atoms with Crippen molar-refractivity contribution in [2.75, 3.05) is 5.43 Å². The van der Waals surface area contributed by atoms with Crippen LogP contribution < -0.4 is 16.6 Å². The zero-order valence-corrected chi connectivity index (χ0v) is 10.6. The van der Waals surface area contributed by atoms with Crippen molar-refractivity contribution in [3.63, 3.8) is 0 Å². The zero-order valence-electron chi connectivity index (χ0n) is 10.6. The van der Waals surface area contributed by atoms with Gasteiger partial charge in [-0.3, -0.25) is 10.6 Å². The van der Waals surface area contributed by atoms with Gasteiger partial charge in [-0.1, -0.05) is 6.92 Å². The van der Waals surface area contributed by atoms with E-state index in [1.165, 1.54) is 0 Å². The molecule has 0 radical (unpaired) electrons. The number of nitrogens with two attached hydrogens (primary N) is 1. The molecule has 1 amide bonds. The summed E-state index contributed by atoms with van der Waals surface area (Å²) in [6.45, 7) is 3.63.